The van der Waals surface area contributed by atoms with Gasteiger partial charge in [-0.25, -0.2) is 4.79 Å². The summed E-state index contributed by atoms with van der Waals surface area (Å²) < 4.78 is 4.92. The Hall–Kier alpha value is -1.35. The van der Waals surface area contributed by atoms with Crippen LogP contribution in [0.4, 0.5) is 0 Å². The zero-order chi connectivity index (χ0) is 12.9. The molecule has 0 unspecified atom stereocenters. The summed E-state index contributed by atoms with van der Waals surface area (Å²) in [4.78, 5) is 11.4. The van der Waals surface area contributed by atoms with E-state index in [2.05, 4.69) is 0 Å². The first kappa shape index (κ1) is 13.7. The summed E-state index contributed by atoms with van der Waals surface area (Å²) in [5.74, 6) is -0.266. The van der Waals surface area contributed by atoms with Gasteiger partial charge < -0.3 is 10.5 Å². The summed E-state index contributed by atoms with van der Waals surface area (Å²) in [6.45, 7) is 6.23. The first-order chi connectivity index (χ1) is 7.92. The van der Waals surface area contributed by atoms with E-state index in [1.807, 2.05) is 26.0 Å². The van der Waals surface area contributed by atoms with Crippen molar-refractivity contribution in [3.63, 3.8) is 0 Å². The Bertz CT molecular complexity index is 363. The van der Waals surface area contributed by atoms with Crippen molar-refractivity contribution in [3.05, 3.63) is 35.4 Å². The number of aryl methyl sites for hydroxylation is 1. The molecule has 3 heteroatoms. The van der Waals surface area contributed by atoms with Crippen LogP contribution in [-0.4, -0.2) is 18.1 Å². The highest BCUT2D eigenvalue weighted by atomic mass is 16.5. The molecule has 1 rings (SSSR count). The average molecular weight is 235 g/mol. The largest absolute Gasteiger partial charge is 0.462 e. The number of carbonyl (C=O) groups is 1. The minimum atomic E-state index is -0.266. The van der Waals surface area contributed by atoms with Crippen molar-refractivity contribution < 1.29 is 9.53 Å². The van der Waals surface area contributed by atoms with E-state index in [1.165, 1.54) is 5.56 Å². The molecule has 2 N–H and O–H groups in total. The van der Waals surface area contributed by atoms with Gasteiger partial charge in [0.05, 0.1) is 12.2 Å². The molecule has 0 saturated carbocycles. The predicted octanol–water partition coefficient (Wildman–Crippen LogP) is 2.53. The maximum atomic E-state index is 11.4. The highest BCUT2D eigenvalue weighted by Gasteiger charge is 2.11. The molecule has 17 heavy (non-hydrogen) atoms. The van der Waals surface area contributed by atoms with Crippen molar-refractivity contribution in [2.24, 2.45) is 5.73 Å². The molecule has 0 heterocycles. The van der Waals surface area contributed by atoms with Gasteiger partial charge in [-0.1, -0.05) is 12.1 Å². The Morgan fingerprint density at radius 3 is 2.35 bits per heavy atom. The van der Waals surface area contributed by atoms with E-state index in [1.54, 1.807) is 19.1 Å². The van der Waals surface area contributed by atoms with Crippen LogP contribution in [0.2, 0.25) is 0 Å². The highest BCUT2D eigenvalue weighted by Crippen LogP contribution is 2.12. The zero-order valence-electron chi connectivity index (χ0n) is 10.8. The first-order valence-electron chi connectivity index (χ1n) is 5.97. The Balaban J connectivity index is 2.59. The maximum Gasteiger partial charge on any atom is 0.338 e. The molecule has 0 aliphatic rings. The molecule has 1 aromatic rings. The van der Waals surface area contributed by atoms with E-state index in [0.29, 0.717) is 12.2 Å². The van der Waals surface area contributed by atoms with Crippen molar-refractivity contribution in [2.45, 2.75) is 39.2 Å². The molecule has 0 aliphatic heterocycles. The predicted molar refractivity (Wildman–Crippen MR) is 69.0 cm³/mol. The number of carbonyl (C=O) groups excluding carboxylic acids is 1. The van der Waals surface area contributed by atoms with Crippen LogP contribution >= 0.6 is 0 Å². The molecule has 0 radical (unpaired) electrons. The Morgan fingerprint density at radius 1 is 1.29 bits per heavy atom. The molecule has 3 nitrogen and oxygen atoms in total. The summed E-state index contributed by atoms with van der Waals surface area (Å²) in [5.41, 5.74) is 7.56. The van der Waals surface area contributed by atoms with E-state index < -0.39 is 0 Å². The van der Waals surface area contributed by atoms with Gasteiger partial charge in [0.25, 0.3) is 0 Å². The molecule has 0 atom stereocenters. The molecule has 0 saturated heterocycles. The van der Waals surface area contributed by atoms with Gasteiger partial charge in [-0.3, -0.25) is 0 Å². The van der Waals surface area contributed by atoms with Gasteiger partial charge in [0.1, 0.15) is 0 Å². The average Bonchev–Trinajstić information content (AvgIpc) is 2.26. The van der Waals surface area contributed by atoms with Gasteiger partial charge in [0.15, 0.2) is 0 Å². The van der Waals surface area contributed by atoms with Crippen LogP contribution in [0, 0.1) is 0 Å². The van der Waals surface area contributed by atoms with Gasteiger partial charge in [-0.15, -0.1) is 0 Å². The quantitative estimate of drug-likeness (QED) is 0.798. The van der Waals surface area contributed by atoms with Gasteiger partial charge in [-0.2, -0.15) is 0 Å². The Labute approximate surface area is 103 Å². The summed E-state index contributed by atoms with van der Waals surface area (Å²) in [7, 11) is 0. The lowest BCUT2D eigenvalue weighted by molar-refractivity contribution is 0.0526. The summed E-state index contributed by atoms with van der Waals surface area (Å²) in [6.07, 6.45) is 1.85. The third-order valence-electron chi connectivity index (χ3n) is 2.52. The molecule has 94 valence electrons. The molecule has 0 fully saturated rings. The van der Waals surface area contributed by atoms with Crippen LogP contribution in [0.25, 0.3) is 0 Å². The van der Waals surface area contributed by atoms with Crippen LogP contribution in [0.15, 0.2) is 24.3 Å². The minimum Gasteiger partial charge on any atom is -0.462 e. The number of rotatable bonds is 5. The second kappa shape index (κ2) is 5.82. The Morgan fingerprint density at radius 2 is 1.88 bits per heavy atom. The van der Waals surface area contributed by atoms with Crippen LogP contribution in [-0.2, 0) is 11.2 Å². The second-order valence-corrected chi connectivity index (χ2v) is 4.91. The van der Waals surface area contributed by atoms with Gasteiger partial charge >= 0.3 is 5.97 Å². The van der Waals surface area contributed by atoms with E-state index in [-0.39, 0.29) is 11.5 Å². The van der Waals surface area contributed by atoms with Gasteiger partial charge in [0, 0.05) is 5.54 Å². The lowest BCUT2D eigenvalue weighted by Gasteiger charge is -2.17. The number of benzene rings is 1. The number of hydrogen-bond acceptors (Lipinski definition) is 3. The molecule has 1 aromatic carbocycles. The van der Waals surface area contributed by atoms with Crippen molar-refractivity contribution >= 4 is 5.97 Å². The van der Waals surface area contributed by atoms with Crippen molar-refractivity contribution in [3.8, 4) is 0 Å². The van der Waals surface area contributed by atoms with E-state index in [0.717, 1.165) is 12.8 Å². The van der Waals surface area contributed by atoms with Crippen LogP contribution in [0.5, 0.6) is 0 Å². The lowest BCUT2D eigenvalue weighted by Crippen LogP contribution is -2.32. The molecular weight excluding hydrogens is 214 g/mol. The fourth-order valence-corrected chi connectivity index (χ4v) is 1.49. The van der Waals surface area contributed by atoms with Gasteiger partial charge in [0.2, 0.25) is 0 Å². The number of hydrogen-bond donors (Lipinski definition) is 1. The first-order valence-corrected chi connectivity index (χ1v) is 5.97. The van der Waals surface area contributed by atoms with Crippen LogP contribution in [0.3, 0.4) is 0 Å². The molecule has 0 bridgehead atoms. The summed E-state index contributed by atoms with van der Waals surface area (Å²) in [5, 5.41) is 0. The van der Waals surface area contributed by atoms with E-state index >= 15 is 0 Å². The number of ether oxygens (including phenoxy) is 1. The van der Waals surface area contributed by atoms with Crippen molar-refractivity contribution in [1.82, 2.24) is 0 Å². The maximum absolute atomic E-state index is 11.4. The fraction of sp³-hybridized carbons (Fsp3) is 0.500. The highest BCUT2D eigenvalue weighted by molar-refractivity contribution is 5.89. The zero-order valence-corrected chi connectivity index (χ0v) is 10.8. The fourth-order valence-electron chi connectivity index (χ4n) is 1.49. The molecule has 0 amide bonds. The van der Waals surface area contributed by atoms with Crippen molar-refractivity contribution in [1.29, 1.82) is 0 Å². The van der Waals surface area contributed by atoms with E-state index in [4.69, 9.17) is 10.5 Å². The van der Waals surface area contributed by atoms with E-state index in [9.17, 15) is 4.79 Å². The normalized spacial score (nSPS) is 11.3. The molecule has 0 aromatic heterocycles. The van der Waals surface area contributed by atoms with Crippen LogP contribution < -0.4 is 5.73 Å². The number of esters is 1. The smallest absolute Gasteiger partial charge is 0.338 e. The molecular formula is C14H21NO2. The topological polar surface area (TPSA) is 52.3 Å². The Kier molecular flexibility index (Phi) is 4.70. The lowest BCUT2D eigenvalue weighted by atomic mass is 9.96. The number of nitrogens with two attached hydrogens (primary N) is 1. The third kappa shape index (κ3) is 5.00. The van der Waals surface area contributed by atoms with Gasteiger partial charge in [-0.05, 0) is 51.3 Å². The molecule has 0 spiro atoms. The third-order valence-corrected chi connectivity index (χ3v) is 2.52. The molecule has 0 aliphatic carbocycles. The van der Waals surface area contributed by atoms with Crippen molar-refractivity contribution in [2.75, 3.05) is 6.61 Å². The second-order valence-electron chi connectivity index (χ2n) is 4.91. The summed E-state index contributed by atoms with van der Waals surface area (Å²) in [6, 6.07) is 7.52. The summed E-state index contributed by atoms with van der Waals surface area (Å²) >= 11 is 0. The monoisotopic (exact) mass is 235 g/mol. The standard InChI is InChI=1S/C14H21NO2/c1-4-17-13(16)12-7-5-11(6-8-12)9-10-14(2,3)15/h5-8H,4,9-10,15H2,1-3H3. The SMILES string of the molecule is CCOC(=O)c1ccc(CCC(C)(C)N)cc1. The minimum absolute atomic E-state index is 0.153. The van der Waals surface area contributed by atoms with Crippen LogP contribution in [0.1, 0.15) is 43.1 Å².